The minimum atomic E-state index is -0.246. The van der Waals surface area contributed by atoms with Crippen molar-refractivity contribution in [2.45, 2.75) is 19.4 Å². The van der Waals surface area contributed by atoms with Crippen molar-refractivity contribution < 1.29 is 9.18 Å². The Balaban J connectivity index is 1.22. The van der Waals surface area contributed by atoms with E-state index in [0.29, 0.717) is 61.8 Å². The molecule has 1 amide bonds. The maximum atomic E-state index is 14.2. The van der Waals surface area contributed by atoms with Gasteiger partial charge in [-0.3, -0.25) is 18.6 Å². The molecule has 0 bridgehead atoms. The van der Waals surface area contributed by atoms with Crippen molar-refractivity contribution in [3.05, 3.63) is 106 Å². The highest BCUT2D eigenvalue weighted by Crippen LogP contribution is 2.21. The van der Waals surface area contributed by atoms with E-state index in [1.54, 1.807) is 16.7 Å². The molecule has 0 radical (unpaired) electrons. The van der Waals surface area contributed by atoms with Crippen molar-refractivity contribution in [3.8, 4) is 0 Å². The summed E-state index contributed by atoms with van der Waals surface area (Å²) >= 11 is 0. The van der Waals surface area contributed by atoms with Gasteiger partial charge in [0.25, 0.3) is 5.56 Å². The number of carbonyl (C=O) groups excluding carboxylic acids is 1. The molecule has 0 spiro atoms. The Morgan fingerprint density at radius 3 is 2.34 bits per heavy atom. The SMILES string of the molecule is O=C(CCc1nnc2n(Cc3ccccc3)c(=O)c3ccccc3n12)N1CCN(c2ccccc2F)CC1. The van der Waals surface area contributed by atoms with Crippen molar-refractivity contribution in [1.82, 2.24) is 24.1 Å². The molecule has 1 fully saturated rings. The van der Waals surface area contributed by atoms with E-state index in [4.69, 9.17) is 0 Å². The first kappa shape index (κ1) is 23.8. The third kappa shape index (κ3) is 4.40. The average Bonchev–Trinajstić information content (AvgIpc) is 3.39. The van der Waals surface area contributed by atoms with E-state index in [1.165, 1.54) is 6.07 Å². The molecule has 1 aliphatic rings. The van der Waals surface area contributed by atoms with E-state index in [0.717, 1.165) is 11.1 Å². The molecule has 3 aromatic carbocycles. The van der Waals surface area contributed by atoms with Gasteiger partial charge in [0, 0.05) is 39.0 Å². The summed E-state index contributed by atoms with van der Waals surface area (Å²) in [5.74, 6) is 0.871. The summed E-state index contributed by atoms with van der Waals surface area (Å²) < 4.78 is 17.7. The zero-order chi connectivity index (χ0) is 26.1. The predicted molar refractivity (Wildman–Crippen MR) is 144 cm³/mol. The number of amides is 1. The molecular weight excluding hydrogens is 483 g/mol. The summed E-state index contributed by atoms with van der Waals surface area (Å²) in [6.45, 7) is 2.60. The largest absolute Gasteiger partial charge is 0.366 e. The van der Waals surface area contributed by atoms with Gasteiger partial charge in [-0.1, -0.05) is 54.6 Å². The molecule has 6 rings (SSSR count). The second kappa shape index (κ2) is 10.1. The van der Waals surface area contributed by atoms with Crippen LogP contribution in [0.2, 0.25) is 0 Å². The van der Waals surface area contributed by atoms with Gasteiger partial charge in [0.15, 0.2) is 0 Å². The molecule has 192 valence electrons. The number of hydrogen-bond donors (Lipinski definition) is 0. The molecular formula is C29H27FN6O2. The topological polar surface area (TPSA) is 75.7 Å². The monoisotopic (exact) mass is 510 g/mol. The molecule has 1 saturated heterocycles. The van der Waals surface area contributed by atoms with E-state index in [-0.39, 0.29) is 23.7 Å². The van der Waals surface area contributed by atoms with Crippen LogP contribution in [0.3, 0.4) is 0 Å². The highest BCUT2D eigenvalue weighted by Gasteiger charge is 2.24. The Kier molecular flexibility index (Phi) is 6.33. The first-order valence-corrected chi connectivity index (χ1v) is 12.8. The molecule has 5 aromatic rings. The zero-order valence-electron chi connectivity index (χ0n) is 20.8. The lowest BCUT2D eigenvalue weighted by Gasteiger charge is -2.36. The second-order valence-corrected chi connectivity index (χ2v) is 9.46. The van der Waals surface area contributed by atoms with Crippen LogP contribution >= 0.6 is 0 Å². The fraction of sp³-hybridized carbons (Fsp3) is 0.241. The third-order valence-electron chi connectivity index (χ3n) is 7.15. The first-order valence-electron chi connectivity index (χ1n) is 12.8. The third-order valence-corrected chi connectivity index (χ3v) is 7.15. The second-order valence-electron chi connectivity index (χ2n) is 9.46. The fourth-order valence-corrected chi connectivity index (χ4v) is 5.17. The van der Waals surface area contributed by atoms with Crippen LogP contribution in [0, 0.1) is 5.82 Å². The van der Waals surface area contributed by atoms with Crippen LogP contribution in [-0.2, 0) is 17.8 Å². The minimum Gasteiger partial charge on any atom is -0.366 e. The summed E-state index contributed by atoms with van der Waals surface area (Å²) in [6.07, 6.45) is 0.660. The molecule has 9 heteroatoms. The average molecular weight is 511 g/mol. The van der Waals surface area contributed by atoms with Gasteiger partial charge in [0.1, 0.15) is 11.6 Å². The van der Waals surface area contributed by atoms with Gasteiger partial charge in [-0.25, -0.2) is 4.39 Å². The van der Waals surface area contributed by atoms with Crippen molar-refractivity contribution in [3.63, 3.8) is 0 Å². The van der Waals surface area contributed by atoms with Gasteiger partial charge in [-0.05, 0) is 29.8 Å². The molecule has 38 heavy (non-hydrogen) atoms. The Hall–Kier alpha value is -4.53. The van der Waals surface area contributed by atoms with E-state index in [2.05, 4.69) is 10.2 Å². The van der Waals surface area contributed by atoms with Crippen LogP contribution in [0.4, 0.5) is 10.1 Å². The van der Waals surface area contributed by atoms with Gasteiger partial charge in [-0.2, -0.15) is 0 Å². The summed E-state index contributed by atoms with van der Waals surface area (Å²) in [6, 6.07) is 23.9. The summed E-state index contributed by atoms with van der Waals surface area (Å²) in [5, 5.41) is 9.35. The number of rotatable bonds is 6. The van der Waals surface area contributed by atoms with Gasteiger partial charge in [0.05, 0.1) is 23.1 Å². The number of aryl methyl sites for hydroxylation is 1. The number of halogens is 1. The minimum absolute atomic E-state index is 0.0249. The van der Waals surface area contributed by atoms with Crippen molar-refractivity contribution >= 4 is 28.3 Å². The van der Waals surface area contributed by atoms with E-state index in [1.807, 2.05) is 74.9 Å². The van der Waals surface area contributed by atoms with Crippen molar-refractivity contribution in [2.75, 3.05) is 31.1 Å². The number of fused-ring (bicyclic) bond motifs is 3. The normalized spacial score (nSPS) is 13.9. The molecule has 1 aliphatic heterocycles. The van der Waals surface area contributed by atoms with Gasteiger partial charge in [-0.15, -0.1) is 10.2 Å². The van der Waals surface area contributed by atoms with Crippen LogP contribution in [0.15, 0.2) is 83.7 Å². The molecule has 3 heterocycles. The highest BCUT2D eigenvalue weighted by molar-refractivity contribution is 5.81. The maximum absolute atomic E-state index is 14.2. The molecule has 0 unspecified atom stereocenters. The Bertz CT molecular complexity index is 1670. The predicted octanol–water partition coefficient (Wildman–Crippen LogP) is 3.51. The quantitative estimate of drug-likeness (QED) is 0.350. The van der Waals surface area contributed by atoms with Crippen LogP contribution in [0.1, 0.15) is 17.8 Å². The zero-order valence-corrected chi connectivity index (χ0v) is 20.8. The number of anilines is 1. The number of benzene rings is 3. The molecule has 0 atom stereocenters. The number of aromatic nitrogens is 4. The van der Waals surface area contributed by atoms with Crippen molar-refractivity contribution in [1.29, 1.82) is 0 Å². The number of nitrogens with zero attached hydrogens (tertiary/aromatic N) is 6. The summed E-state index contributed by atoms with van der Waals surface area (Å²) in [4.78, 5) is 30.3. The molecule has 0 N–H and O–H groups in total. The van der Waals surface area contributed by atoms with Crippen molar-refractivity contribution in [2.24, 2.45) is 0 Å². The lowest BCUT2D eigenvalue weighted by Crippen LogP contribution is -2.49. The lowest BCUT2D eigenvalue weighted by molar-refractivity contribution is -0.131. The van der Waals surface area contributed by atoms with E-state index in [9.17, 15) is 14.0 Å². The number of hydrogen-bond acceptors (Lipinski definition) is 5. The summed E-state index contributed by atoms with van der Waals surface area (Å²) in [5.41, 5.74) is 2.16. The lowest BCUT2D eigenvalue weighted by atomic mass is 10.2. The Labute approximate surface area is 218 Å². The van der Waals surface area contributed by atoms with E-state index < -0.39 is 0 Å². The molecule has 2 aromatic heterocycles. The van der Waals surface area contributed by atoms with E-state index >= 15 is 0 Å². The maximum Gasteiger partial charge on any atom is 0.263 e. The Morgan fingerprint density at radius 1 is 0.842 bits per heavy atom. The van der Waals surface area contributed by atoms with Crippen LogP contribution in [-0.4, -0.2) is 56.2 Å². The van der Waals surface area contributed by atoms with Gasteiger partial charge < -0.3 is 9.80 Å². The summed E-state index contributed by atoms with van der Waals surface area (Å²) in [7, 11) is 0. The Morgan fingerprint density at radius 2 is 1.55 bits per heavy atom. The number of para-hydroxylation sites is 2. The molecule has 0 aliphatic carbocycles. The first-order chi connectivity index (χ1) is 18.6. The standard InChI is InChI=1S/C29H27FN6O2/c30-23-11-5-7-13-25(23)33-16-18-34(19-17-33)27(37)15-14-26-31-32-29-35(20-21-8-2-1-3-9-21)28(38)22-10-4-6-12-24(22)36(26)29/h1-13H,14-20H2. The fourth-order valence-electron chi connectivity index (χ4n) is 5.17. The van der Waals surface area contributed by atoms with Crippen LogP contribution < -0.4 is 10.5 Å². The molecule has 0 saturated carbocycles. The number of piperazine rings is 1. The van der Waals surface area contributed by atoms with Gasteiger partial charge in [0.2, 0.25) is 11.7 Å². The smallest absolute Gasteiger partial charge is 0.263 e. The number of carbonyl (C=O) groups is 1. The van der Waals surface area contributed by atoms with Gasteiger partial charge >= 0.3 is 0 Å². The highest BCUT2D eigenvalue weighted by atomic mass is 19.1. The van der Waals surface area contributed by atoms with Crippen LogP contribution in [0.25, 0.3) is 16.7 Å². The van der Waals surface area contributed by atoms with Crippen LogP contribution in [0.5, 0.6) is 0 Å². The molecule has 8 nitrogen and oxygen atoms in total.